The zero-order valence-corrected chi connectivity index (χ0v) is 9.59. The Kier molecular flexibility index (Phi) is 3.53. The first-order chi connectivity index (χ1) is 6.37. The lowest BCUT2D eigenvalue weighted by Crippen LogP contribution is -2.28. The van der Waals surface area contributed by atoms with Crippen LogP contribution in [0.2, 0.25) is 0 Å². The van der Waals surface area contributed by atoms with E-state index in [2.05, 4.69) is 33.0 Å². The van der Waals surface area contributed by atoms with E-state index in [0.29, 0.717) is 11.3 Å². The predicted molar refractivity (Wildman–Crippen MR) is 55.7 cm³/mol. The summed E-state index contributed by atoms with van der Waals surface area (Å²) in [4.78, 5) is 10.9. The molecule has 1 N–H and O–H groups in total. The highest BCUT2D eigenvalue weighted by atomic mass is 16.5. The van der Waals surface area contributed by atoms with Gasteiger partial charge in [-0.2, -0.15) is 0 Å². The van der Waals surface area contributed by atoms with Crippen molar-refractivity contribution in [2.24, 2.45) is 11.3 Å². The van der Waals surface area contributed by atoms with Gasteiger partial charge < -0.3 is 10.1 Å². The molecule has 0 spiro atoms. The molecule has 3 heteroatoms. The van der Waals surface area contributed by atoms with Crippen LogP contribution in [-0.4, -0.2) is 18.7 Å². The summed E-state index contributed by atoms with van der Waals surface area (Å²) in [5, 5.41) is 2.81. The third kappa shape index (κ3) is 4.09. The molecule has 82 valence electrons. The zero-order chi connectivity index (χ0) is 10.8. The van der Waals surface area contributed by atoms with Gasteiger partial charge in [0.25, 0.3) is 0 Å². The molecule has 14 heavy (non-hydrogen) atoms. The molecule has 0 aliphatic carbocycles. The molecule has 0 aromatic heterocycles. The maximum Gasteiger partial charge on any atom is 0.248 e. The minimum Gasteiger partial charge on any atom is -0.349 e. The van der Waals surface area contributed by atoms with Gasteiger partial charge in [-0.3, -0.25) is 4.79 Å². The second-order valence-corrected chi connectivity index (χ2v) is 5.47. The Balaban J connectivity index is 2.27. The normalized spacial score (nSPS) is 24.9. The van der Waals surface area contributed by atoms with Crippen LogP contribution in [0.5, 0.6) is 0 Å². The summed E-state index contributed by atoms with van der Waals surface area (Å²) in [6, 6.07) is 0. The van der Waals surface area contributed by atoms with Crippen molar-refractivity contribution in [3.05, 3.63) is 0 Å². The van der Waals surface area contributed by atoms with Crippen LogP contribution in [0, 0.1) is 11.3 Å². The molecule has 1 saturated heterocycles. The fraction of sp³-hybridized carbons (Fsp3) is 0.909. The van der Waals surface area contributed by atoms with Gasteiger partial charge in [-0.15, -0.1) is 0 Å². The molecule has 2 atom stereocenters. The van der Waals surface area contributed by atoms with Crippen molar-refractivity contribution in [2.45, 2.75) is 46.8 Å². The minimum absolute atomic E-state index is 0.0120. The highest BCUT2D eigenvalue weighted by molar-refractivity contribution is 5.78. The van der Waals surface area contributed by atoms with Gasteiger partial charge in [-0.05, 0) is 24.2 Å². The zero-order valence-electron chi connectivity index (χ0n) is 9.59. The Morgan fingerprint density at radius 2 is 2.21 bits per heavy atom. The van der Waals surface area contributed by atoms with Gasteiger partial charge in [0.2, 0.25) is 5.91 Å². The SMILES string of the molecule is CC(CC1NC(=O)CO1)CC(C)(C)C. The highest BCUT2D eigenvalue weighted by Gasteiger charge is 2.25. The molecule has 1 heterocycles. The predicted octanol–water partition coefficient (Wildman–Crippen LogP) is 1.92. The summed E-state index contributed by atoms with van der Waals surface area (Å²) in [7, 11) is 0. The van der Waals surface area contributed by atoms with Crippen molar-refractivity contribution in [1.29, 1.82) is 0 Å². The molecule has 0 aromatic carbocycles. The molecule has 0 aromatic rings. The molecule has 0 radical (unpaired) electrons. The van der Waals surface area contributed by atoms with Crippen molar-refractivity contribution in [3.8, 4) is 0 Å². The monoisotopic (exact) mass is 199 g/mol. The largest absolute Gasteiger partial charge is 0.349 e. The Bertz CT molecular complexity index is 208. The van der Waals surface area contributed by atoms with E-state index in [-0.39, 0.29) is 18.7 Å². The van der Waals surface area contributed by atoms with E-state index < -0.39 is 0 Å². The molecule has 0 saturated carbocycles. The summed E-state index contributed by atoms with van der Waals surface area (Å²) in [6.45, 7) is 9.14. The lowest BCUT2D eigenvalue weighted by atomic mass is 9.84. The van der Waals surface area contributed by atoms with Crippen LogP contribution in [0.25, 0.3) is 0 Å². The number of nitrogens with one attached hydrogen (secondary N) is 1. The Morgan fingerprint density at radius 1 is 1.57 bits per heavy atom. The van der Waals surface area contributed by atoms with Crippen LogP contribution in [-0.2, 0) is 9.53 Å². The molecule has 0 bridgehead atoms. The van der Waals surface area contributed by atoms with E-state index in [1.807, 2.05) is 0 Å². The number of rotatable bonds is 3. The number of carbonyl (C=O) groups is 1. The number of ether oxygens (including phenoxy) is 1. The minimum atomic E-state index is -0.0557. The first kappa shape index (κ1) is 11.5. The number of hydrogen-bond acceptors (Lipinski definition) is 2. The fourth-order valence-corrected chi connectivity index (χ4v) is 2.06. The maximum atomic E-state index is 10.9. The highest BCUT2D eigenvalue weighted by Crippen LogP contribution is 2.27. The molecule has 1 fully saturated rings. The van der Waals surface area contributed by atoms with Gasteiger partial charge in [0, 0.05) is 0 Å². The fourth-order valence-electron chi connectivity index (χ4n) is 2.06. The number of carbonyl (C=O) groups excluding carboxylic acids is 1. The number of amides is 1. The van der Waals surface area contributed by atoms with Crippen LogP contribution in [0.4, 0.5) is 0 Å². The van der Waals surface area contributed by atoms with Crippen molar-refractivity contribution >= 4 is 5.91 Å². The third-order valence-corrected chi connectivity index (χ3v) is 2.31. The molecule has 1 amide bonds. The van der Waals surface area contributed by atoms with E-state index in [9.17, 15) is 4.79 Å². The van der Waals surface area contributed by atoms with Crippen molar-refractivity contribution in [1.82, 2.24) is 5.32 Å². The van der Waals surface area contributed by atoms with Gasteiger partial charge in [-0.1, -0.05) is 27.7 Å². The topological polar surface area (TPSA) is 38.3 Å². The molecule has 1 rings (SSSR count). The Morgan fingerprint density at radius 3 is 2.64 bits per heavy atom. The molecule has 2 unspecified atom stereocenters. The third-order valence-electron chi connectivity index (χ3n) is 2.31. The van der Waals surface area contributed by atoms with Crippen LogP contribution in [0.3, 0.4) is 0 Å². The van der Waals surface area contributed by atoms with Crippen molar-refractivity contribution < 1.29 is 9.53 Å². The quantitative estimate of drug-likeness (QED) is 0.754. The van der Waals surface area contributed by atoms with E-state index in [4.69, 9.17) is 4.74 Å². The van der Waals surface area contributed by atoms with Crippen LogP contribution in [0.15, 0.2) is 0 Å². The van der Waals surface area contributed by atoms with E-state index in [0.717, 1.165) is 12.8 Å². The molecular formula is C11H21NO2. The van der Waals surface area contributed by atoms with Crippen LogP contribution >= 0.6 is 0 Å². The molecule has 3 nitrogen and oxygen atoms in total. The second kappa shape index (κ2) is 4.30. The standard InChI is InChI=1S/C11H21NO2/c1-8(6-11(2,3)4)5-10-12-9(13)7-14-10/h8,10H,5-7H2,1-4H3,(H,12,13). The maximum absolute atomic E-state index is 10.9. The van der Waals surface area contributed by atoms with E-state index in [1.165, 1.54) is 0 Å². The van der Waals surface area contributed by atoms with Gasteiger partial charge in [0.15, 0.2) is 0 Å². The van der Waals surface area contributed by atoms with Gasteiger partial charge in [0.05, 0.1) is 0 Å². The molecular weight excluding hydrogens is 178 g/mol. The van der Waals surface area contributed by atoms with Gasteiger partial charge in [-0.25, -0.2) is 0 Å². The first-order valence-electron chi connectivity index (χ1n) is 5.28. The Hall–Kier alpha value is -0.570. The summed E-state index contributed by atoms with van der Waals surface area (Å²) >= 11 is 0. The average molecular weight is 199 g/mol. The summed E-state index contributed by atoms with van der Waals surface area (Å²) < 4.78 is 5.29. The van der Waals surface area contributed by atoms with Crippen LogP contribution < -0.4 is 5.32 Å². The second-order valence-electron chi connectivity index (χ2n) is 5.47. The average Bonchev–Trinajstić information content (AvgIpc) is 2.30. The van der Waals surface area contributed by atoms with Crippen molar-refractivity contribution in [2.75, 3.05) is 6.61 Å². The van der Waals surface area contributed by atoms with E-state index >= 15 is 0 Å². The van der Waals surface area contributed by atoms with Crippen LogP contribution in [0.1, 0.15) is 40.5 Å². The first-order valence-corrected chi connectivity index (χ1v) is 5.28. The van der Waals surface area contributed by atoms with Gasteiger partial charge in [0.1, 0.15) is 12.8 Å². The lowest BCUT2D eigenvalue weighted by molar-refractivity contribution is -0.119. The van der Waals surface area contributed by atoms with Crippen molar-refractivity contribution in [3.63, 3.8) is 0 Å². The van der Waals surface area contributed by atoms with Gasteiger partial charge >= 0.3 is 0 Å². The van der Waals surface area contributed by atoms with E-state index in [1.54, 1.807) is 0 Å². The Labute approximate surface area is 86.2 Å². The number of hydrogen-bond donors (Lipinski definition) is 1. The summed E-state index contributed by atoms with van der Waals surface area (Å²) in [5.41, 5.74) is 0.349. The molecule has 1 aliphatic heterocycles. The summed E-state index contributed by atoms with van der Waals surface area (Å²) in [5.74, 6) is 0.594. The summed E-state index contributed by atoms with van der Waals surface area (Å²) in [6.07, 6.45) is 2.02. The smallest absolute Gasteiger partial charge is 0.248 e. The molecule has 1 aliphatic rings. The lowest BCUT2D eigenvalue weighted by Gasteiger charge is -2.24.